The van der Waals surface area contributed by atoms with Gasteiger partial charge in [0.15, 0.2) is 0 Å². The third-order valence-electron chi connectivity index (χ3n) is 2.73. The van der Waals surface area contributed by atoms with Crippen molar-refractivity contribution >= 4 is 0 Å². The lowest BCUT2D eigenvalue weighted by Gasteiger charge is -2.43. The highest BCUT2D eigenvalue weighted by Gasteiger charge is 2.40. The molecule has 2 heteroatoms. The van der Waals surface area contributed by atoms with E-state index in [2.05, 4.69) is 20.8 Å². The Hall–Kier alpha value is -0.0800. The minimum atomic E-state index is -0.818. The van der Waals surface area contributed by atoms with E-state index < -0.39 is 5.60 Å². The second-order valence-electron chi connectivity index (χ2n) is 5.24. The molecule has 0 aromatic rings. The Kier molecular flexibility index (Phi) is 2.50. The van der Waals surface area contributed by atoms with Crippen LogP contribution >= 0.6 is 0 Å². The zero-order valence-corrected chi connectivity index (χ0v) is 8.30. The zero-order chi connectivity index (χ0) is 9.41. The third kappa shape index (κ3) is 2.20. The van der Waals surface area contributed by atoms with Crippen molar-refractivity contribution in [3.8, 4) is 0 Å². The van der Waals surface area contributed by atoms with Crippen molar-refractivity contribution in [3.05, 3.63) is 0 Å². The molecule has 0 aromatic carbocycles. The van der Waals surface area contributed by atoms with E-state index in [1.54, 1.807) is 0 Å². The van der Waals surface area contributed by atoms with Gasteiger partial charge in [0.25, 0.3) is 0 Å². The summed E-state index contributed by atoms with van der Waals surface area (Å²) >= 11 is 0. The maximum Gasteiger partial charge on any atom is 0.0885 e. The Balaban J connectivity index is 2.70. The van der Waals surface area contributed by atoms with E-state index in [0.717, 1.165) is 19.3 Å². The molecule has 1 rings (SSSR count). The molecule has 0 aromatic heterocycles. The van der Waals surface area contributed by atoms with E-state index in [0.29, 0.717) is 5.92 Å². The van der Waals surface area contributed by atoms with Crippen LogP contribution in [-0.4, -0.2) is 22.4 Å². The molecule has 2 atom stereocenters. The maximum atomic E-state index is 9.94. The molecule has 2 N–H and O–H groups in total. The molecule has 0 bridgehead atoms. The van der Waals surface area contributed by atoms with Crippen LogP contribution in [0.3, 0.4) is 0 Å². The Morgan fingerprint density at radius 2 is 1.92 bits per heavy atom. The lowest BCUT2D eigenvalue weighted by molar-refractivity contribution is -0.0900. The Labute approximate surface area is 74.6 Å². The first-order valence-electron chi connectivity index (χ1n) is 4.70. The van der Waals surface area contributed by atoms with Crippen molar-refractivity contribution in [1.82, 2.24) is 0 Å². The van der Waals surface area contributed by atoms with Crippen molar-refractivity contribution in [3.63, 3.8) is 0 Å². The van der Waals surface area contributed by atoms with E-state index in [4.69, 9.17) is 5.11 Å². The van der Waals surface area contributed by atoms with Crippen LogP contribution in [0.1, 0.15) is 40.0 Å². The van der Waals surface area contributed by atoms with Crippen LogP contribution in [0, 0.1) is 11.3 Å². The van der Waals surface area contributed by atoms with E-state index >= 15 is 0 Å². The first kappa shape index (κ1) is 10.0. The monoisotopic (exact) mass is 172 g/mol. The normalized spacial score (nSPS) is 41.2. The highest BCUT2D eigenvalue weighted by molar-refractivity contribution is 4.92. The quantitative estimate of drug-likeness (QED) is 0.630. The number of aliphatic hydroxyl groups is 2. The molecule has 1 aliphatic carbocycles. The number of hydrogen-bond acceptors (Lipinski definition) is 2. The van der Waals surface area contributed by atoms with Gasteiger partial charge in [-0.1, -0.05) is 20.8 Å². The van der Waals surface area contributed by atoms with Gasteiger partial charge >= 0.3 is 0 Å². The van der Waals surface area contributed by atoms with Crippen LogP contribution in [0.5, 0.6) is 0 Å². The molecule has 1 saturated carbocycles. The third-order valence-corrected chi connectivity index (χ3v) is 2.73. The van der Waals surface area contributed by atoms with Crippen LogP contribution in [0.25, 0.3) is 0 Å². The van der Waals surface area contributed by atoms with Gasteiger partial charge in [-0.3, -0.25) is 0 Å². The largest absolute Gasteiger partial charge is 0.393 e. The highest BCUT2D eigenvalue weighted by Crippen LogP contribution is 2.43. The molecule has 12 heavy (non-hydrogen) atoms. The minimum absolute atomic E-state index is 0.0965. The van der Waals surface area contributed by atoms with Crippen LogP contribution < -0.4 is 0 Å². The standard InChI is InChI=1S/C10H20O2/c1-8-4-9(2,3)6-10(12,5-8)7-11/h8,11-12H,4-7H2,1-3H3. The molecule has 0 saturated heterocycles. The van der Waals surface area contributed by atoms with Crippen molar-refractivity contribution in [2.45, 2.75) is 45.6 Å². The van der Waals surface area contributed by atoms with Gasteiger partial charge < -0.3 is 10.2 Å². The molecule has 2 nitrogen and oxygen atoms in total. The zero-order valence-electron chi connectivity index (χ0n) is 8.30. The summed E-state index contributed by atoms with van der Waals surface area (Å²) in [6.45, 7) is 6.36. The number of aliphatic hydroxyl groups excluding tert-OH is 1. The van der Waals surface area contributed by atoms with Gasteiger partial charge in [-0.05, 0) is 30.6 Å². The summed E-state index contributed by atoms with van der Waals surface area (Å²) in [4.78, 5) is 0. The van der Waals surface area contributed by atoms with E-state index in [1.165, 1.54) is 0 Å². The van der Waals surface area contributed by atoms with Crippen LogP contribution in [0.2, 0.25) is 0 Å². The van der Waals surface area contributed by atoms with Gasteiger partial charge in [-0.25, -0.2) is 0 Å². The highest BCUT2D eigenvalue weighted by atomic mass is 16.3. The molecule has 0 spiro atoms. The fourth-order valence-electron chi connectivity index (χ4n) is 2.82. The van der Waals surface area contributed by atoms with E-state index in [1.807, 2.05) is 0 Å². The SMILES string of the molecule is CC1CC(C)(C)CC(O)(CO)C1. The summed E-state index contributed by atoms with van der Waals surface area (Å²) in [5, 5.41) is 19.0. The molecule has 72 valence electrons. The van der Waals surface area contributed by atoms with Gasteiger partial charge in [0.1, 0.15) is 0 Å². The van der Waals surface area contributed by atoms with Gasteiger partial charge in [-0.15, -0.1) is 0 Å². The van der Waals surface area contributed by atoms with Crippen molar-refractivity contribution in [2.75, 3.05) is 6.61 Å². The maximum absolute atomic E-state index is 9.94. The summed E-state index contributed by atoms with van der Waals surface area (Å²) in [7, 11) is 0. The average molecular weight is 172 g/mol. The van der Waals surface area contributed by atoms with Gasteiger partial charge in [0.2, 0.25) is 0 Å². The average Bonchev–Trinajstić information content (AvgIpc) is 1.82. The smallest absolute Gasteiger partial charge is 0.0885 e. The topological polar surface area (TPSA) is 40.5 Å². The minimum Gasteiger partial charge on any atom is -0.393 e. The van der Waals surface area contributed by atoms with Gasteiger partial charge in [0, 0.05) is 0 Å². The number of hydrogen-bond donors (Lipinski definition) is 2. The number of rotatable bonds is 1. The summed E-state index contributed by atoms with van der Waals surface area (Å²) < 4.78 is 0. The molecule has 0 radical (unpaired) electrons. The fraction of sp³-hybridized carbons (Fsp3) is 1.00. The van der Waals surface area contributed by atoms with Crippen LogP contribution in [0.15, 0.2) is 0 Å². The van der Waals surface area contributed by atoms with Crippen molar-refractivity contribution in [1.29, 1.82) is 0 Å². The predicted molar refractivity (Wildman–Crippen MR) is 48.8 cm³/mol. The molecule has 2 unspecified atom stereocenters. The van der Waals surface area contributed by atoms with Gasteiger partial charge in [0.05, 0.1) is 12.2 Å². The predicted octanol–water partition coefficient (Wildman–Crippen LogP) is 1.56. The fourth-order valence-corrected chi connectivity index (χ4v) is 2.82. The summed E-state index contributed by atoms with van der Waals surface area (Å²) in [6, 6.07) is 0. The summed E-state index contributed by atoms with van der Waals surface area (Å²) in [5.41, 5.74) is -0.643. The van der Waals surface area contributed by atoms with E-state index in [9.17, 15) is 5.11 Å². The first-order chi connectivity index (χ1) is 5.37. The lowest BCUT2D eigenvalue weighted by atomic mass is 9.66. The molecular weight excluding hydrogens is 152 g/mol. The van der Waals surface area contributed by atoms with Crippen LogP contribution in [0.4, 0.5) is 0 Å². The molecule has 1 aliphatic rings. The van der Waals surface area contributed by atoms with Crippen molar-refractivity contribution < 1.29 is 10.2 Å². The molecule has 0 amide bonds. The molecule has 1 fully saturated rings. The summed E-state index contributed by atoms with van der Waals surface area (Å²) in [5.74, 6) is 0.519. The second kappa shape index (κ2) is 3.00. The van der Waals surface area contributed by atoms with Gasteiger partial charge in [-0.2, -0.15) is 0 Å². The van der Waals surface area contributed by atoms with E-state index in [-0.39, 0.29) is 12.0 Å². The molecule has 0 aliphatic heterocycles. The Morgan fingerprint density at radius 3 is 2.33 bits per heavy atom. The van der Waals surface area contributed by atoms with Crippen molar-refractivity contribution in [2.24, 2.45) is 11.3 Å². The molecule has 0 heterocycles. The van der Waals surface area contributed by atoms with Crippen LogP contribution in [-0.2, 0) is 0 Å². The molecular formula is C10H20O2. The Bertz CT molecular complexity index is 165. The first-order valence-corrected chi connectivity index (χ1v) is 4.70. The lowest BCUT2D eigenvalue weighted by Crippen LogP contribution is -2.44. The summed E-state index contributed by atoms with van der Waals surface area (Å²) in [6.07, 6.45) is 2.61. The second-order valence-corrected chi connectivity index (χ2v) is 5.24. The Morgan fingerprint density at radius 1 is 1.33 bits per heavy atom.